The average Bonchev–Trinajstić information content (AvgIpc) is 4.19. The van der Waals surface area contributed by atoms with E-state index in [2.05, 4.69) is 31.2 Å². The van der Waals surface area contributed by atoms with Gasteiger partial charge in [0.05, 0.1) is 50.5 Å². The fraction of sp³-hybridized carbons (Fsp3) is 0.579. The van der Waals surface area contributed by atoms with Crippen molar-refractivity contribution in [2.45, 2.75) is 176 Å². The molecule has 6 atom stereocenters. The Labute approximate surface area is 450 Å². The summed E-state index contributed by atoms with van der Waals surface area (Å²) < 4.78 is 6.71. The van der Waals surface area contributed by atoms with Crippen LogP contribution in [0, 0.1) is 36.5 Å². The molecule has 406 valence electrons. The van der Waals surface area contributed by atoms with E-state index in [4.69, 9.17) is 4.74 Å². The van der Waals surface area contributed by atoms with E-state index in [1.165, 1.54) is 4.90 Å². The Morgan fingerprint density at radius 1 is 0.653 bits per heavy atom. The highest BCUT2D eigenvalue weighted by molar-refractivity contribution is 7.13. The lowest BCUT2D eigenvalue weighted by Crippen LogP contribution is -2.58. The SMILES string of the molecule is Cc1ncsc1-c1ccc(CNC(=O)[C@@H]2C[C@@H](OC3CCC(C(=O)N[C@H](C(=O)N4C[C@H](O)C[C@H]4C(=O)NCc4ccc(-c5scnc5C)cc4)C(C)(C)C)CC3)CN2C(=O)[C@@H](NC(=O)CCC(C)C)C(C)(C)C)cc1. The maximum absolute atomic E-state index is 14.6. The van der Waals surface area contributed by atoms with E-state index in [1.54, 1.807) is 27.6 Å². The Hall–Kier alpha value is -5.56. The van der Waals surface area contributed by atoms with Gasteiger partial charge in [0.15, 0.2) is 0 Å². The van der Waals surface area contributed by atoms with Crippen LogP contribution in [-0.4, -0.2) is 116 Å². The van der Waals surface area contributed by atoms with Crippen molar-refractivity contribution in [1.82, 2.24) is 41.0 Å². The number of rotatable bonds is 18. The number of aliphatic hydroxyl groups excluding tert-OH is 1. The van der Waals surface area contributed by atoms with Crippen LogP contribution in [0.25, 0.3) is 20.9 Å². The molecule has 16 nitrogen and oxygen atoms in total. The molecule has 4 heterocycles. The van der Waals surface area contributed by atoms with Gasteiger partial charge in [0.1, 0.15) is 24.2 Å². The summed E-state index contributed by atoms with van der Waals surface area (Å²) in [7, 11) is 0. The number of hydrogen-bond acceptors (Lipinski definition) is 12. The van der Waals surface area contributed by atoms with E-state index in [0.29, 0.717) is 38.0 Å². The van der Waals surface area contributed by atoms with E-state index < -0.39 is 59.0 Å². The second-order valence-electron chi connectivity index (χ2n) is 23.3. The molecule has 7 rings (SSSR count). The smallest absolute Gasteiger partial charge is 0.246 e. The van der Waals surface area contributed by atoms with Crippen LogP contribution in [0.3, 0.4) is 0 Å². The molecule has 1 saturated carbocycles. The summed E-state index contributed by atoms with van der Waals surface area (Å²) in [4.78, 5) is 98.1. The third-order valence-electron chi connectivity index (χ3n) is 14.8. The van der Waals surface area contributed by atoms with Crippen LogP contribution in [0.15, 0.2) is 59.6 Å². The van der Waals surface area contributed by atoms with Crippen LogP contribution in [0.5, 0.6) is 0 Å². The van der Waals surface area contributed by atoms with Gasteiger partial charge in [-0.3, -0.25) is 28.8 Å². The lowest BCUT2D eigenvalue weighted by atomic mass is 9.83. The van der Waals surface area contributed by atoms with Crippen molar-refractivity contribution in [3.8, 4) is 20.9 Å². The normalized spacial score (nSPS) is 21.9. The first-order chi connectivity index (χ1) is 35.5. The minimum Gasteiger partial charge on any atom is -0.391 e. The van der Waals surface area contributed by atoms with Crippen molar-refractivity contribution >= 4 is 58.1 Å². The van der Waals surface area contributed by atoms with E-state index in [-0.39, 0.29) is 81.1 Å². The molecule has 0 unspecified atom stereocenters. The average molecular weight is 1070 g/mol. The molecule has 2 aromatic carbocycles. The minimum absolute atomic E-state index is 0.0245. The number of benzene rings is 2. The summed E-state index contributed by atoms with van der Waals surface area (Å²) in [6, 6.07) is 12.3. The van der Waals surface area contributed by atoms with Gasteiger partial charge in [-0.1, -0.05) is 104 Å². The van der Waals surface area contributed by atoms with Gasteiger partial charge >= 0.3 is 0 Å². The van der Waals surface area contributed by atoms with Crippen molar-refractivity contribution in [1.29, 1.82) is 0 Å². The summed E-state index contributed by atoms with van der Waals surface area (Å²) in [6.07, 6.45) is 1.81. The molecule has 3 fully saturated rings. The fourth-order valence-electron chi connectivity index (χ4n) is 10.3. The first kappa shape index (κ1) is 57.2. The maximum Gasteiger partial charge on any atom is 0.246 e. The quantitative estimate of drug-likeness (QED) is 0.0663. The highest BCUT2D eigenvalue weighted by Crippen LogP contribution is 2.34. The molecule has 18 heteroatoms. The van der Waals surface area contributed by atoms with Crippen LogP contribution in [0.2, 0.25) is 0 Å². The van der Waals surface area contributed by atoms with Crippen molar-refractivity contribution < 1.29 is 38.6 Å². The summed E-state index contributed by atoms with van der Waals surface area (Å²) in [5.41, 5.74) is 8.06. The molecule has 1 aliphatic carbocycles. The zero-order valence-electron chi connectivity index (χ0n) is 45.4. The number of β-amino-alcohol motifs (C(OH)–C–C–N with tert-alkyl or cyclic N) is 1. The minimum atomic E-state index is -0.961. The standard InChI is InChI=1S/C57H78N8O8S2/c1-33(2)11-24-46(67)62-49(56(5,6)7)54(71)65-30-43(26-45(65)53(70)59-28-37-14-18-39(19-15-37)48-35(4)61-32-75-48)73-42-22-20-40(21-23-42)51(68)63-50(57(8,9)10)55(72)64-29-41(66)25-44(64)52(69)58-27-36-12-16-38(17-13-36)47-34(3)60-31-74-47/h12-19,31-33,40-45,49-50,66H,11,20-30H2,1-10H3,(H,58,69)(H,59,70)(H,62,67)(H,63,68)/t40?,41-,42?,43-,44+,45+,49-,50-/m1/s1. The topological polar surface area (TPSA) is 212 Å². The van der Waals surface area contributed by atoms with Crippen molar-refractivity contribution in [2.75, 3.05) is 13.1 Å². The van der Waals surface area contributed by atoms with Gasteiger partial charge < -0.3 is 40.9 Å². The summed E-state index contributed by atoms with van der Waals surface area (Å²) in [5, 5.41) is 22.9. The Morgan fingerprint density at radius 2 is 1.12 bits per heavy atom. The number of thiazole rings is 2. The molecular weight excluding hydrogens is 989 g/mol. The first-order valence-corrected chi connectivity index (χ1v) is 28.3. The summed E-state index contributed by atoms with van der Waals surface area (Å²) >= 11 is 3.15. The van der Waals surface area contributed by atoms with Crippen molar-refractivity contribution in [3.63, 3.8) is 0 Å². The number of aliphatic hydroxyl groups is 1. The molecule has 75 heavy (non-hydrogen) atoms. The molecule has 2 saturated heterocycles. The fourth-order valence-corrected chi connectivity index (χ4v) is 11.9. The van der Waals surface area contributed by atoms with E-state index in [1.807, 2.05) is 129 Å². The van der Waals surface area contributed by atoms with Gasteiger partial charge in [0.25, 0.3) is 0 Å². The predicted octanol–water partition coefficient (Wildman–Crippen LogP) is 7.49. The van der Waals surface area contributed by atoms with E-state index in [9.17, 15) is 33.9 Å². The van der Waals surface area contributed by atoms with Gasteiger partial charge in [-0.15, -0.1) is 22.7 Å². The number of amides is 6. The number of ether oxygens (including phenoxy) is 1. The molecular formula is C57H78N8O8S2. The third-order valence-corrected chi connectivity index (χ3v) is 16.7. The second-order valence-corrected chi connectivity index (χ2v) is 25.0. The highest BCUT2D eigenvalue weighted by atomic mass is 32.1. The lowest BCUT2D eigenvalue weighted by molar-refractivity contribution is -0.145. The zero-order chi connectivity index (χ0) is 54.4. The number of nitrogens with zero attached hydrogens (tertiary/aromatic N) is 4. The van der Waals surface area contributed by atoms with Crippen LogP contribution in [0.1, 0.15) is 129 Å². The Bertz CT molecular complexity index is 2630. The number of aromatic nitrogens is 2. The number of likely N-dealkylation sites (tertiary alicyclic amines) is 2. The largest absolute Gasteiger partial charge is 0.391 e. The Morgan fingerprint density at radius 3 is 1.57 bits per heavy atom. The summed E-state index contributed by atoms with van der Waals surface area (Å²) in [6.45, 7) is 20.0. The lowest BCUT2D eigenvalue weighted by Gasteiger charge is -2.37. The van der Waals surface area contributed by atoms with Gasteiger partial charge in [-0.05, 0) is 85.0 Å². The third kappa shape index (κ3) is 14.7. The number of aryl methyl sites for hydroxylation is 2. The zero-order valence-corrected chi connectivity index (χ0v) is 47.0. The van der Waals surface area contributed by atoms with Gasteiger partial charge in [-0.2, -0.15) is 0 Å². The van der Waals surface area contributed by atoms with Crippen LogP contribution in [0.4, 0.5) is 0 Å². The van der Waals surface area contributed by atoms with Crippen LogP contribution in [-0.2, 0) is 46.6 Å². The van der Waals surface area contributed by atoms with E-state index in [0.717, 1.165) is 43.4 Å². The van der Waals surface area contributed by atoms with Crippen molar-refractivity contribution in [3.05, 3.63) is 82.1 Å². The molecule has 4 aromatic rings. The number of nitrogens with one attached hydrogen (secondary N) is 4. The predicted molar refractivity (Wildman–Crippen MR) is 292 cm³/mol. The first-order valence-electron chi connectivity index (χ1n) is 26.5. The number of carbonyl (C=O) groups excluding carboxylic acids is 6. The highest BCUT2D eigenvalue weighted by Gasteiger charge is 2.47. The van der Waals surface area contributed by atoms with Crippen LogP contribution >= 0.6 is 22.7 Å². The maximum atomic E-state index is 14.6. The molecule has 3 aliphatic rings. The monoisotopic (exact) mass is 1070 g/mol. The Kier molecular flexibility index (Phi) is 18.8. The second kappa shape index (κ2) is 24.6. The molecule has 0 radical (unpaired) electrons. The summed E-state index contributed by atoms with van der Waals surface area (Å²) in [5.74, 6) is -1.98. The number of carbonyl (C=O) groups is 6. The molecule has 2 aliphatic heterocycles. The molecule has 0 spiro atoms. The van der Waals surface area contributed by atoms with Crippen molar-refractivity contribution in [2.24, 2.45) is 22.7 Å². The number of hydrogen-bond donors (Lipinski definition) is 5. The van der Waals surface area contributed by atoms with E-state index >= 15 is 0 Å². The Balaban J connectivity index is 0.961. The molecule has 5 N–H and O–H groups in total. The van der Waals surface area contributed by atoms with Gasteiger partial charge in [0.2, 0.25) is 35.4 Å². The van der Waals surface area contributed by atoms with Crippen LogP contribution < -0.4 is 21.3 Å². The van der Waals surface area contributed by atoms with Gasteiger partial charge in [-0.25, -0.2) is 9.97 Å². The molecule has 6 amide bonds. The molecule has 2 aromatic heterocycles. The van der Waals surface area contributed by atoms with Gasteiger partial charge in [0, 0.05) is 51.4 Å². The molecule has 0 bridgehead atoms.